The number of hydrogen-bond acceptors (Lipinski definition) is 5. The van der Waals surface area contributed by atoms with E-state index in [0.29, 0.717) is 5.82 Å². The Morgan fingerprint density at radius 1 is 1.50 bits per heavy atom. The van der Waals surface area contributed by atoms with Gasteiger partial charge >= 0.3 is 0 Å². The molecule has 1 rings (SSSR count). The van der Waals surface area contributed by atoms with Crippen LogP contribution >= 0.6 is 0 Å². The minimum atomic E-state index is -0.128. The quantitative estimate of drug-likeness (QED) is 0.541. The first kappa shape index (κ1) is 14.9. The van der Waals surface area contributed by atoms with Crippen LogP contribution in [-0.4, -0.2) is 29.5 Å². The van der Waals surface area contributed by atoms with Gasteiger partial charge in [0.15, 0.2) is 0 Å². The fraction of sp³-hybridized carbons (Fsp3) is 0.615. The third-order valence-electron chi connectivity index (χ3n) is 4.05. The summed E-state index contributed by atoms with van der Waals surface area (Å²) < 4.78 is 0. The number of aromatic nitrogens is 1. The van der Waals surface area contributed by atoms with Crippen LogP contribution in [0.25, 0.3) is 0 Å². The highest BCUT2D eigenvalue weighted by Crippen LogP contribution is 2.35. The van der Waals surface area contributed by atoms with E-state index in [1.165, 1.54) is 0 Å². The second-order valence-corrected chi connectivity index (χ2v) is 5.13. The second-order valence-electron chi connectivity index (χ2n) is 5.13. The van der Waals surface area contributed by atoms with Gasteiger partial charge in [0.25, 0.3) is 0 Å². The number of nitrogen functional groups attached to an aromatic ring is 1. The Kier molecular flexibility index (Phi) is 4.67. The molecule has 0 saturated carbocycles. The van der Waals surface area contributed by atoms with Gasteiger partial charge in [-0.1, -0.05) is 6.92 Å². The van der Waals surface area contributed by atoms with Crippen molar-refractivity contribution in [1.29, 1.82) is 0 Å². The molecule has 102 valence electrons. The lowest BCUT2D eigenvalue weighted by Gasteiger charge is -2.43. The summed E-state index contributed by atoms with van der Waals surface area (Å²) in [6, 6.07) is 1.90. The summed E-state index contributed by atoms with van der Waals surface area (Å²) in [5.41, 5.74) is 10.9. The molecule has 0 fully saturated rings. The van der Waals surface area contributed by atoms with Crippen molar-refractivity contribution in [3.63, 3.8) is 0 Å². The molecule has 0 amide bonds. The SMILES string of the molecule is CCC(C)(C(NN)c1c(C)ccnc1N)N(C)C. The molecule has 1 aromatic heterocycles. The lowest BCUT2D eigenvalue weighted by Crippen LogP contribution is -2.53. The number of anilines is 1. The number of hydrogen-bond donors (Lipinski definition) is 3. The van der Waals surface area contributed by atoms with E-state index < -0.39 is 0 Å². The van der Waals surface area contributed by atoms with Crippen molar-refractivity contribution in [3.05, 3.63) is 23.4 Å². The molecular formula is C13H25N5. The topological polar surface area (TPSA) is 80.2 Å². The van der Waals surface area contributed by atoms with Crippen molar-refractivity contribution < 1.29 is 0 Å². The number of rotatable bonds is 5. The molecule has 1 aromatic rings. The van der Waals surface area contributed by atoms with E-state index in [-0.39, 0.29) is 11.6 Å². The number of aryl methyl sites for hydroxylation is 1. The minimum Gasteiger partial charge on any atom is -0.383 e. The largest absolute Gasteiger partial charge is 0.383 e. The van der Waals surface area contributed by atoms with Crippen LogP contribution < -0.4 is 17.0 Å². The predicted octanol–water partition coefficient (Wildman–Crippen LogP) is 1.21. The molecule has 2 atom stereocenters. The molecule has 0 aliphatic heterocycles. The molecule has 5 heteroatoms. The Hall–Kier alpha value is -1.17. The van der Waals surface area contributed by atoms with Crippen LogP contribution in [0.4, 0.5) is 5.82 Å². The number of pyridine rings is 1. The Labute approximate surface area is 110 Å². The Bertz CT molecular complexity index is 384. The van der Waals surface area contributed by atoms with E-state index in [4.69, 9.17) is 11.6 Å². The Morgan fingerprint density at radius 2 is 2.11 bits per heavy atom. The number of likely N-dealkylation sites (N-methyl/N-ethyl adjacent to an activating group) is 1. The number of nitrogens with zero attached hydrogens (tertiary/aromatic N) is 2. The van der Waals surface area contributed by atoms with Gasteiger partial charge < -0.3 is 10.6 Å². The average molecular weight is 251 g/mol. The van der Waals surface area contributed by atoms with Crippen molar-refractivity contribution >= 4 is 5.82 Å². The fourth-order valence-corrected chi connectivity index (χ4v) is 2.32. The molecule has 0 bridgehead atoms. The maximum absolute atomic E-state index is 6.02. The molecule has 0 aliphatic rings. The van der Waals surface area contributed by atoms with E-state index in [1.807, 2.05) is 13.0 Å². The van der Waals surface area contributed by atoms with E-state index in [2.05, 4.69) is 43.3 Å². The number of nitrogens with one attached hydrogen (secondary N) is 1. The first-order valence-corrected chi connectivity index (χ1v) is 6.23. The minimum absolute atomic E-state index is 0.0637. The molecule has 0 spiro atoms. The van der Waals surface area contributed by atoms with Gasteiger partial charge in [-0.3, -0.25) is 11.3 Å². The third-order valence-corrected chi connectivity index (χ3v) is 4.05. The molecule has 2 unspecified atom stereocenters. The summed E-state index contributed by atoms with van der Waals surface area (Å²) in [6.07, 6.45) is 2.67. The smallest absolute Gasteiger partial charge is 0.128 e. The lowest BCUT2D eigenvalue weighted by atomic mass is 9.82. The van der Waals surface area contributed by atoms with Crippen LogP contribution in [-0.2, 0) is 0 Å². The van der Waals surface area contributed by atoms with Crippen LogP contribution in [0.2, 0.25) is 0 Å². The average Bonchev–Trinajstić information content (AvgIpc) is 2.32. The lowest BCUT2D eigenvalue weighted by molar-refractivity contribution is 0.113. The third kappa shape index (κ3) is 2.48. The number of nitrogens with two attached hydrogens (primary N) is 2. The van der Waals surface area contributed by atoms with Crippen molar-refractivity contribution in [2.45, 2.75) is 38.8 Å². The molecule has 5 N–H and O–H groups in total. The van der Waals surface area contributed by atoms with Crippen molar-refractivity contribution in [2.75, 3.05) is 19.8 Å². The zero-order chi connectivity index (χ0) is 13.9. The standard InChI is InChI=1S/C13H25N5/c1-6-13(3,18(4)5)11(17-15)10-9(2)7-8-16-12(10)14/h7-8,11,17H,6,15H2,1-5H3,(H2,14,16). The molecular weight excluding hydrogens is 226 g/mol. The highest BCUT2D eigenvalue weighted by molar-refractivity contribution is 5.47. The molecule has 5 nitrogen and oxygen atoms in total. The fourth-order valence-electron chi connectivity index (χ4n) is 2.32. The van der Waals surface area contributed by atoms with Crippen LogP contribution in [0, 0.1) is 6.92 Å². The summed E-state index contributed by atoms with van der Waals surface area (Å²) in [4.78, 5) is 6.35. The molecule has 18 heavy (non-hydrogen) atoms. The van der Waals surface area contributed by atoms with Gasteiger partial charge in [0, 0.05) is 17.3 Å². The van der Waals surface area contributed by atoms with Gasteiger partial charge in [0.05, 0.1) is 6.04 Å². The predicted molar refractivity (Wildman–Crippen MR) is 75.8 cm³/mol. The van der Waals surface area contributed by atoms with Crippen molar-refractivity contribution in [1.82, 2.24) is 15.3 Å². The van der Waals surface area contributed by atoms with Crippen LogP contribution in [0.3, 0.4) is 0 Å². The summed E-state index contributed by atoms with van der Waals surface area (Å²) in [7, 11) is 4.10. The summed E-state index contributed by atoms with van der Waals surface area (Å²) in [6.45, 7) is 6.35. The molecule has 0 aromatic carbocycles. The maximum Gasteiger partial charge on any atom is 0.128 e. The van der Waals surface area contributed by atoms with E-state index in [9.17, 15) is 0 Å². The van der Waals surface area contributed by atoms with Gasteiger partial charge in [-0.2, -0.15) is 0 Å². The van der Waals surface area contributed by atoms with Crippen molar-refractivity contribution in [3.8, 4) is 0 Å². The first-order valence-electron chi connectivity index (χ1n) is 6.23. The second kappa shape index (κ2) is 5.65. The molecule has 1 heterocycles. The number of hydrazine groups is 1. The van der Waals surface area contributed by atoms with Crippen LogP contribution in [0.5, 0.6) is 0 Å². The molecule has 0 saturated heterocycles. The summed E-state index contributed by atoms with van der Waals surface area (Å²) in [5, 5.41) is 0. The van der Waals surface area contributed by atoms with E-state index in [0.717, 1.165) is 17.5 Å². The normalized spacial score (nSPS) is 16.6. The van der Waals surface area contributed by atoms with E-state index >= 15 is 0 Å². The van der Waals surface area contributed by atoms with Crippen LogP contribution in [0.1, 0.15) is 37.4 Å². The highest BCUT2D eigenvalue weighted by Gasteiger charge is 2.37. The monoisotopic (exact) mass is 251 g/mol. The first-order chi connectivity index (χ1) is 8.38. The van der Waals surface area contributed by atoms with Crippen LogP contribution in [0.15, 0.2) is 12.3 Å². The maximum atomic E-state index is 6.02. The highest BCUT2D eigenvalue weighted by atomic mass is 15.3. The summed E-state index contributed by atoms with van der Waals surface area (Å²) in [5.74, 6) is 6.32. The van der Waals surface area contributed by atoms with Gasteiger partial charge in [0.2, 0.25) is 0 Å². The Morgan fingerprint density at radius 3 is 2.50 bits per heavy atom. The summed E-state index contributed by atoms with van der Waals surface area (Å²) >= 11 is 0. The zero-order valence-corrected chi connectivity index (χ0v) is 12.0. The zero-order valence-electron chi connectivity index (χ0n) is 12.0. The Balaban J connectivity index is 3.33. The van der Waals surface area contributed by atoms with Gasteiger partial charge in [-0.25, -0.2) is 4.98 Å². The van der Waals surface area contributed by atoms with Gasteiger partial charge in [0.1, 0.15) is 5.82 Å². The van der Waals surface area contributed by atoms with Crippen molar-refractivity contribution in [2.24, 2.45) is 5.84 Å². The molecule has 0 aliphatic carbocycles. The van der Waals surface area contributed by atoms with E-state index in [1.54, 1.807) is 6.20 Å². The molecule has 0 radical (unpaired) electrons. The van der Waals surface area contributed by atoms with Gasteiger partial charge in [-0.05, 0) is 46.0 Å². The van der Waals surface area contributed by atoms with Gasteiger partial charge in [-0.15, -0.1) is 0 Å².